The Bertz CT molecular complexity index is 627. The van der Waals surface area contributed by atoms with Crippen molar-refractivity contribution in [3.05, 3.63) is 64.7 Å². The number of ether oxygens (including phenoxy) is 1. The smallest absolute Gasteiger partial charge is 0.118 e. The average molecular weight is 318 g/mol. The molecule has 0 unspecified atom stereocenters. The standard InChI is InChI=1S/C18H20ClNO2/c1-12(13-5-9-16(22-2)10-6-13)20-11-17(21)18(20)14-3-7-15(19)8-4-14/h3-10,12,17-18,21H,11H2,1-2H3/t12-,17+,18+/m0/s1. The van der Waals surface area contributed by atoms with E-state index in [1.54, 1.807) is 7.11 Å². The van der Waals surface area contributed by atoms with Crippen molar-refractivity contribution >= 4 is 11.6 Å². The van der Waals surface area contributed by atoms with E-state index in [4.69, 9.17) is 16.3 Å². The van der Waals surface area contributed by atoms with Crippen molar-refractivity contribution in [3.63, 3.8) is 0 Å². The van der Waals surface area contributed by atoms with Crippen LogP contribution in [0.2, 0.25) is 5.02 Å². The molecule has 116 valence electrons. The Kier molecular flexibility index (Phi) is 4.39. The summed E-state index contributed by atoms with van der Waals surface area (Å²) in [5.41, 5.74) is 2.31. The lowest BCUT2D eigenvalue weighted by Gasteiger charge is -2.49. The lowest BCUT2D eigenvalue weighted by atomic mass is 9.88. The summed E-state index contributed by atoms with van der Waals surface area (Å²) in [5, 5.41) is 10.9. The summed E-state index contributed by atoms with van der Waals surface area (Å²) in [7, 11) is 1.67. The zero-order chi connectivity index (χ0) is 15.7. The fourth-order valence-corrected chi connectivity index (χ4v) is 3.18. The molecular weight excluding hydrogens is 298 g/mol. The monoisotopic (exact) mass is 317 g/mol. The van der Waals surface area contributed by atoms with Crippen LogP contribution in [0.5, 0.6) is 5.75 Å². The molecule has 0 bridgehead atoms. The molecule has 1 heterocycles. The highest BCUT2D eigenvalue weighted by Gasteiger charge is 2.41. The third kappa shape index (κ3) is 2.84. The summed E-state index contributed by atoms with van der Waals surface area (Å²) in [4.78, 5) is 2.30. The number of aliphatic hydroxyl groups excluding tert-OH is 1. The maximum Gasteiger partial charge on any atom is 0.118 e. The fraction of sp³-hybridized carbons (Fsp3) is 0.333. The van der Waals surface area contributed by atoms with Gasteiger partial charge in [0.2, 0.25) is 0 Å². The molecule has 1 saturated heterocycles. The highest BCUT2D eigenvalue weighted by atomic mass is 35.5. The molecule has 3 nitrogen and oxygen atoms in total. The first-order valence-electron chi connectivity index (χ1n) is 7.43. The van der Waals surface area contributed by atoms with Gasteiger partial charge in [0.15, 0.2) is 0 Å². The number of aliphatic hydroxyl groups is 1. The first kappa shape index (κ1) is 15.3. The second kappa shape index (κ2) is 6.29. The topological polar surface area (TPSA) is 32.7 Å². The number of rotatable bonds is 4. The van der Waals surface area contributed by atoms with E-state index in [-0.39, 0.29) is 18.2 Å². The van der Waals surface area contributed by atoms with Crippen molar-refractivity contribution in [1.82, 2.24) is 4.90 Å². The van der Waals surface area contributed by atoms with Gasteiger partial charge in [0.25, 0.3) is 0 Å². The van der Waals surface area contributed by atoms with Gasteiger partial charge in [0.1, 0.15) is 5.75 Å². The van der Waals surface area contributed by atoms with Gasteiger partial charge in [-0.1, -0.05) is 35.9 Å². The van der Waals surface area contributed by atoms with Crippen molar-refractivity contribution in [2.75, 3.05) is 13.7 Å². The minimum atomic E-state index is -0.332. The highest BCUT2D eigenvalue weighted by Crippen LogP contribution is 2.40. The molecule has 1 fully saturated rings. The molecule has 22 heavy (non-hydrogen) atoms. The first-order chi connectivity index (χ1) is 10.6. The maximum atomic E-state index is 10.2. The number of likely N-dealkylation sites (tertiary alicyclic amines) is 1. The van der Waals surface area contributed by atoms with Gasteiger partial charge in [-0.05, 0) is 42.3 Å². The Morgan fingerprint density at radius 1 is 1.14 bits per heavy atom. The molecule has 4 heteroatoms. The molecular formula is C18H20ClNO2. The summed E-state index contributed by atoms with van der Waals surface area (Å²) >= 11 is 5.95. The van der Waals surface area contributed by atoms with Crippen LogP contribution in [-0.4, -0.2) is 29.8 Å². The van der Waals surface area contributed by atoms with E-state index in [1.165, 1.54) is 5.56 Å². The fourth-order valence-electron chi connectivity index (χ4n) is 3.06. The van der Waals surface area contributed by atoms with Gasteiger partial charge in [-0.15, -0.1) is 0 Å². The van der Waals surface area contributed by atoms with Crippen LogP contribution < -0.4 is 4.74 Å². The van der Waals surface area contributed by atoms with Crippen molar-refractivity contribution in [3.8, 4) is 5.75 Å². The number of methoxy groups -OCH3 is 1. The van der Waals surface area contributed by atoms with E-state index >= 15 is 0 Å². The molecule has 0 aliphatic carbocycles. The Hall–Kier alpha value is -1.55. The van der Waals surface area contributed by atoms with Crippen molar-refractivity contribution in [2.45, 2.75) is 25.1 Å². The Balaban J connectivity index is 1.79. The predicted molar refractivity (Wildman–Crippen MR) is 88.3 cm³/mol. The van der Waals surface area contributed by atoms with Gasteiger partial charge < -0.3 is 9.84 Å². The second-order valence-electron chi connectivity index (χ2n) is 5.71. The lowest BCUT2D eigenvalue weighted by molar-refractivity contribution is -0.0854. The number of nitrogens with zero attached hydrogens (tertiary/aromatic N) is 1. The van der Waals surface area contributed by atoms with Crippen LogP contribution in [0.25, 0.3) is 0 Å². The molecule has 0 aromatic heterocycles. The number of hydrogen-bond donors (Lipinski definition) is 1. The molecule has 0 radical (unpaired) electrons. The molecule has 3 atom stereocenters. The van der Waals surface area contributed by atoms with Gasteiger partial charge in [0, 0.05) is 17.6 Å². The van der Waals surface area contributed by atoms with Crippen LogP contribution in [0.4, 0.5) is 0 Å². The van der Waals surface area contributed by atoms with Crippen LogP contribution in [0.15, 0.2) is 48.5 Å². The summed E-state index contributed by atoms with van der Waals surface area (Å²) in [5.74, 6) is 0.855. The molecule has 1 N–H and O–H groups in total. The Morgan fingerprint density at radius 3 is 2.32 bits per heavy atom. The molecule has 1 aliphatic rings. The zero-order valence-corrected chi connectivity index (χ0v) is 13.5. The molecule has 0 spiro atoms. The quantitative estimate of drug-likeness (QED) is 0.930. The van der Waals surface area contributed by atoms with Gasteiger partial charge >= 0.3 is 0 Å². The van der Waals surface area contributed by atoms with E-state index in [2.05, 4.69) is 24.0 Å². The first-order valence-corrected chi connectivity index (χ1v) is 7.81. The van der Waals surface area contributed by atoms with Gasteiger partial charge in [-0.3, -0.25) is 4.90 Å². The van der Waals surface area contributed by atoms with Crippen molar-refractivity contribution < 1.29 is 9.84 Å². The van der Waals surface area contributed by atoms with E-state index in [0.717, 1.165) is 11.3 Å². The molecule has 3 rings (SSSR count). The molecule has 0 amide bonds. The van der Waals surface area contributed by atoms with E-state index in [1.807, 2.05) is 36.4 Å². The maximum absolute atomic E-state index is 10.2. The third-order valence-corrected chi connectivity index (χ3v) is 4.68. The minimum Gasteiger partial charge on any atom is -0.497 e. The van der Waals surface area contributed by atoms with E-state index in [9.17, 15) is 5.11 Å². The summed E-state index contributed by atoms with van der Waals surface area (Å²) in [6.45, 7) is 2.84. The van der Waals surface area contributed by atoms with Crippen LogP contribution in [0, 0.1) is 0 Å². The number of hydrogen-bond acceptors (Lipinski definition) is 3. The van der Waals surface area contributed by atoms with Crippen molar-refractivity contribution in [1.29, 1.82) is 0 Å². The Labute approximate surface area is 136 Å². The van der Waals surface area contributed by atoms with Crippen LogP contribution >= 0.6 is 11.6 Å². The largest absolute Gasteiger partial charge is 0.497 e. The third-order valence-electron chi connectivity index (χ3n) is 4.43. The summed E-state index contributed by atoms with van der Waals surface area (Å²) in [6, 6.07) is 16.1. The summed E-state index contributed by atoms with van der Waals surface area (Å²) < 4.78 is 5.20. The van der Waals surface area contributed by atoms with E-state index in [0.29, 0.717) is 11.6 Å². The summed E-state index contributed by atoms with van der Waals surface area (Å²) in [6.07, 6.45) is -0.332. The lowest BCUT2D eigenvalue weighted by Crippen LogP contribution is -2.54. The van der Waals surface area contributed by atoms with Gasteiger partial charge in [-0.25, -0.2) is 0 Å². The molecule has 2 aromatic rings. The highest BCUT2D eigenvalue weighted by molar-refractivity contribution is 6.30. The van der Waals surface area contributed by atoms with Gasteiger partial charge in [-0.2, -0.15) is 0 Å². The number of halogens is 1. The molecule has 0 saturated carbocycles. The van der Waals surface area contributed by atoms with Crippen molar-refractivity contribution in [2.24, 2.45) is 0 Å². The van der Waals surface area contributed by atoms with Gasteiger partial charge in [0.05, 0.1) is 19.3 Å². The molecule has 1 aliphatic heterocycles. The number of β-amino-alcohol motifs (C(OH)–C–C–N with tert-alkyl or cyclic N) is 1. The normalized spacial score (nSPS) is 22.9. The molecule has 2 aromatic carbocycles. The minimum absolute atomic E-state index is 0.0226. The van der Waals surface area contributed by atoms with Crippen LogP contribution in [0.3, 0.4) is 0 Å². The van der Waals surface area contributed by atoms with Crippen LogP contribution in [0.1, 0.15) is 30.1 Å². The average Bonchev–Trinajstić information content (AvgIpc) is 2.54. The number of benzene rings is 2. The SMILES string of the molecule is COc1ccc([C@H](C)N2C[C@@H](O)[C@H]2c2ccc(Cl)cc2)cc1. The second-order valence-corrected chi connectivity index (χ2v) is 6.15. The predicted octanol–water partition coefficient (Wildman–Crippen LogP) is 3.83. The van der Waals surface area contributed by atoms with Crippen LogP contribution in [-0.2, 0) is 0 Å². The van der Waals surface area contributed by atoms with E-state index < -0.39 is 0 Å². The Morgan fingerprint density at radius 2 is 1.77 bits per heavy atom. The zero-order valence-electron chi connectivity index (χ0n) is 12.7.